The van der Waals surface area contributed by atoms with Gasteiger partial charge in [-0.3, -0.25) is 0 Å². The van der Waals surface area contributed by atoms with Gasteiger partial charge in [-0.25, -0.2) is 0 Å². The van der Waals surface area contributed by atoms with E-state index in [0.717, 1.165) is 24.6 Å². The Labute approximate surface area is 109 Å². The summed E-state index contributed by atoms with van der Waals surface area (Å²) in [5.74, 6) is 0. The van der Waals surface area contributed by atoms with Crippen LogP contribution in [-0.4, -0.2) is 19.3 Å². The van der Waals surface area contributed by atoms with Crippen molar-refractivity contribution < 1.29 is 4.74 Å². The van der Waals surface area contributed by atoms with Crippen molar-refractivity contribution in [2.24, 2.45) is 0 Å². The molecule has 0 aliphatic heterocycles. The quantitative estimate of drug-likeness (QED) is 0.749. The molecule has 2 nitrogen and oxygen atoms in total. The second-order valence-electron chi connectivity index (χ2n) is 4.50. The van der Waals surface area contributed by atoms with Crippen LogP contribution in [0.3, 0.4) is 0 Å². The Morgan fingerprint density at radius 1 is 1.18 bits per heavy atom. The van der Waals surface area contributed by atoms with Crippen LogP contribution in [0, 0.1) is 0 Å². The van der Waals surface area contributed by atoms with Crippen molar-refractivity contribution in [3.05, 3.63) is 34.9 Å². The molecule has 3 heteroatoms. The molecule has 0 aliphatic rings. The van der Waals surface area contributed by atoms with Crippen LogP contribution in [0.5, 0.6) is 0 Å². The van der Waals surface area contributed by atoms with Gasteiger partial charge >= 0.3 is 0 Å². The number of nitrogens with one attached hydrogen (secondary N) is 1. The maximum Gasteiger partial charge on any atom is 0.0518 e. The highest BCUT2D eigenvalue weighted by molar-refractivity contribution is 6.30. The fraction of sp³-hybridized carbons (Fsp3) is 0.571. The number of rotatable bonds is 7. The maximum atomic E-state index is 5.85. The van der Waals surface area contributed by atoms with Crippen molar-refractivity contribution in [1.82, 2.24) is 5.32 Å². The van der Waals surface area contributed by atoms with Gasteiger partial charge in [0, 0.05) is 17.7 Å². The molecule has 0 spiro atoms. The van der Waals surface area contributed by atoms with Gasteiger partial charge < -0.3 is 10.1 Å². The Bertz CT molecular complexity index is 311. The van der Waals surface area contributed by atoms with Gasteiger partial charge in [-0.05, 0) is 51.4 Å². The number of halogens is 1. The van der Waals surface area contributed by atoms with Crippen molar-refractivity contribution >= 4 is 11.6 Å². The van der Waals surface area contributed by atoms with E-state index in [0.29, 0.717) is 12.1 Å². The van der Waals surface area contributed by atoms with E-state index >= 15 is 0 Å². The lowest BCUT2D eigenvalue weighted by Gasteiger charge is -2.14. The first-order valence-corrected chi connectivity index (χ1v) is 6.58. The third kappa shape index (κ3) is 6.06. The highest BCUT2D eigenvalue weighted by Gasteiger charge is 2.03. The Balaban J connectivity index is 2.21. The Morgan fingerprint density at radius 3 is 2.41 bits per heavy atom. The predicted octanol–water partition coefficient (Wildman–Crippen LogP) is 3.81. The lowest BCUT2D eigenvalue weighted by atomic mass is 10.1. The minimum absolute atomic E-state index is 0.323. The zero-order chi connectivity index (χ0) is 12.7. The fourth-order valence-electron chi connectivity index (χ4n) is 1.58. The van der Waals surface area contributed by atoms with E-state index in [1.54, 1.807) is 0 Å². The highest BCUT2D eigenvalue weighted by atomic mass is 35.5. The smallest absolute Gasteiger partial charge is 0.0518 e. The number of hydrogen-bond acceptors (Lipinski definition) is 2. The molecule has 0 saturated carbocycles. The van der Waals surface area contributed by atoms with E-state index in [4.69, 9.17) is 16.3 Å². The average molecular weight is 256 g/mol. The summed E-state index contributed by atoms with van der Waals surface area (Å²) in [7, 11) is 0. The zero-order valence-electron chi connectivity index (χ0n) is 10.9. The van der Waals surface area contributed by atoms with E-state index < -0.39 is 0 Å². The fourth-order valence-corrected chi connectivity index (χ4v) is 1.71. The van der Waals surface area contributed by atoms with Gasteiger partial charge in [-0.15, -0.1) is 0 Å². The lowest BCUT2D eigenvalue weighted by molar-refractivity contribution is 0.0768. The summed E-state index contributed by atoms with van der Waals surface area (Å²) >= 11 is 5.85. The molecule has 1 N–H and O–H groups in total. The van der Waals surface area contributed by atoms with E-state index in [9.17, 15) is 0 Å². The zero-order valence-corrected chi connectivity index (χ0v) is 11.6. The van der Waals surface area contributed by atoms with Gasteiger partial charge in [0.25, 0.3) is 0 Å². The first-order valence-electron chi connectivity index (χ1n) is 6.20. The largest absolute Gasteiger partial charge is 0.379 e. The number of benzene rings is 1. The van der Waals surface area contributed by atoms with Gasteiger partial charge in [-0.2, -0.15) is 0 Å². The molecular formula is C14H22ClNO. The Kier molecular flexibility index (Phi) is 6.56. The molecular weight excluding hydrogens is 234 g/mol. The maximum absolute atomic E-state index is 5.85. The third-order valence-electron chi connectivity index (χ3n) is 2.59. The second kappa shape index (κ2) is 7.70. The molecule has 0 fully saturated rings. The van der Waals surface area contributed by atoms with Crippen molar-refractivity contribution in [1.29, 1.82) is 0 Å². The molecule has 0 bridgehead atoms. The molecule has 1 unspecified atom stereocenters. The Hall–Kier alpha value is -0.570. The molecule has 0 aromatic heterocycles. The monoisotopic (exact) mass is 255 g/mol. The molecule has 1 atom stereocenters. The topological polar surface area (TPSA) is 21.3 Å². The van der Waals surface area contributed by atoms with Crippen molar-refractivity contribution in [2.45, 2.75) is 39.3 Å². The van der Waals surface area contributed by atoms with E-state index in [1.165, 1.54) is 5.56 Å². The molecule has 96 valence electrons. The molecule has 0 saturated heterocycles. The van der Waals surface area contributed by atoms with E-state index in [1.807, 2.05) is 12.1 Å². The van der Waals surface area contributed by atoms with Crippen LogP contribution in [-0.2, 0) is 4.74 Å². The number of hydrogen-bond donors (Lipinski definition) is 1. The summed E-state index contributed by atoms with van der Waals surface area (Å²) in [6.07, 6.45) is 1.36. The van der Waals surface area contributed by atoms with Crippen molar-refractivity contribution in [3.8, 4) is 0 Å². The van der Waals surface area contributed by atoms with Crippen LogP contribution < -0.4 is 5.32 Å². The second-order valence-corrected chi connectivity index (χ2v) is 4.94. The summed E-state index contributed by atoms with van der Waals surface area (Å²) < 4.78 is 5.49. The molecule has 1 aromatic rings. The van der Waals surface area contributed by atoms with Crippen molar-refractivity contribution in [2.75, 3.05) is 13.2 Å². The highest BCUT2D eigenvalue weighted by Crippen LogP contribution is 2.15. The molecule has 0 radical (unpaired) electrons. The first-order chi connectivity index (χ1) is 8.09. The van der Waals surface area contributed by atoms with Crippen LogP contribution in [0.2, 0.25) is 5.02 Å². The van der Waals surface area contributed by atoms with Gasteiger partial charge in [0.1, 0.15) is 0 Å². The summed E-state index contributed by atoms with van der Waals surface area (Å²) in [4.78, 5) is 0. The van der Waals surface area contributed by atoms with E-state index in [-0.39, 0.29) is 0 Å². The summed E-state index contributed by atoms with van der Waals surface area (Å²) in [5, 5.41) is 4.25. The van der Waals surface area contributed by atoms with Gasteiger partial charge in [0.05, 0.1) is 6.10 Å². The van der Waals surface area contributed by atoms with Crippen LogP contribution in [0.1, 0.15) is 38.8 Å². The van der Waals surface area contributed by atoms with Gasteiger partial charge in [0.15, 0.2) is 0 Å². The third-order valence-corrected chi connectivity index (χ3v) is 2.84. The van der Waals surface area contributed by atoms with Crippen molar-refractivity contribution in [3.63, 3.8) is 0 Å². The molecule has 17 heavy (non-hydrogen) atoms. The molecule has 1 aromatic carbocycles. The average Bonchev–Trinajstić information content (AvgIpc) is 2.29. The Morgan fingerprint density at radius 2 is 1.82 bits per heavy atom. The minimum atomic E-state index is 0.323. The van der Waals surface area contributed by atoms with Crippen LogP contribution in [0.25, 0.3) is 0 Å². The van der Waals surface area contributed by atoms with E-state index in [2.05, 4.69) is 38.2 Å². The normalized spacial score (nSPS) is 13.0. The predicted molar refractivity (Wildman–Crippen MR) is 73.6 cm³/mol. The summed E-state index contributed by atoms with van der Waals surface area (Å²) in [6.45, 7) is 8.06. The first kappa shape index (κ1) is 14.5. The standard InChI is InChI=1S/C14H22ClNO/c1-11(2)17-10-4-9-16-12(3)13-5-7-14(15)8-6-13/h5-8,11-12,16H,4,9-10H2,1-3H3. The molecule has 0 heterocycles. The van der Waals surface area contributed by atoms with Crippen LogP contribution in [0.4, 0.5) is 0 Å². The number of ether oxygens (including phenoxy) is 1. The minimum Gasteiger partial charge on any atom is -0.379 e. The van der Waals surface area contributed by atoms with Gasteiger partial charge in [0.2, 0.25) is 0 Å². The SMILES string of the molecule is CC(C)OCCCNC(C)c1ccc(Cl)cc1. The lowest BCUT2D eigenvalue weighted by Crippen LogP contribution is -2.21. The molecule has 1 rings (SSSR count). The van der Waals surface area contributed by atoms with Gasteiger partial charge in [-0.1, -0.05) is 23.7 Å². The summed E-state index contributed by atoms with van der Waals surface area (Å²) in [6, 6.07) is 8.33. The summed E-state index contributed by atoms with van der Waals surface area (Å²) in [5.41, 5.74) is 1.26. The van der Waals surface area contributed by atoms with Crippen LogP contribution >= 0.6 is 11.6 Å². The molecule has 0 aliphatic carbocycles. The van der Waals surface area contributed by atoms with Crippen LogP contribution in [0.15, 0.2) is 24.3 Å². The molecule has 0 amide bonds.